The molecule has 9 heteroatoms. The number of nitrogens with one attached hydrogen (secondary N) is 1. The number of hydrogen-bond donors (Lipinski definition) is 1. The van der Waals surface area contributed by atoms with Gasteiger partial charge in [0.2, 0.25) is 5.91 Å². The van der Waals surface area contributed by atoms with Gasteiger partial charge in [0.25, 0.3) is 0 Å². The Kier molecular flexibility index (Phi) is 8.12. The number of carbonyl (C=O) groups is 1. The van der Waals surface area contributed by atoms with Crippen LogP contribution in [-0.2, 0) is 4.79 Å². The van der Waals surface area contributed by atoms with Crippen molar-refractivity contribution in [2.75, 3.05) is 31.9 Å². The van der Waals surface area contributed by atoms with E-state index in [2.05, 4.69) is 15.5 Å². The Morgan fingerprint density at radius 2 is 1.67 bits per heavy atom. The number of carbonyl (C=O) groups excluding carboxylic acids is 1. The lowest BCUT2D eigenvalue weighted by atomic mass is 10.1. The highest BCUT2D eigenvalue weighted by molar-refractivity contribution is 7.99. The van der Waals surface area contributed by atoms with Gasteiger partial charge in [0.05, 0.1) is 26.6 Å². The van der Waals surface area contributed by atoms with Crippen molar-refractivity contribution < 1.29 is 19.0 Å². The van der Waals surface area contributed by atoms with Gasteiger partial charge in [0.15, 0.2) is 22.5 Å². The number of nitrogens with zero attached hydrogens (tertiary/aromatic N) is 3. The molecule has 1 aromatic heterocycles. The summed E-state index contributed by atoms with van der Waals surface area (Å²) in [5.41, 5.74) is 3.59. The minimum absolute atomic E-state index is 0.150. The molecule has 1 heterocycles. The molecule has 0 bridgehead atoms. The van der Waals surface area contributed by atoms with Gasteiger partial charge in [-0.2, -0.15) is 0 Å². The maximum absolute atomic E-state index is 12.7. The number of aromatic nitrogens is 3. The van der Waals surface area contributed by atoms with E-state index >= 15 is 0 Å². The van der Waals surface area contributed by atoms with Crippen molar-refractivity contribution in [2.24, 2.45) is 0 Å². The van der Waals surface area contributed by atoms with Crippen molar-refractivity contribution >= 4 is 23.4 Å². The predicted octanol–water partition coefficient (Wildman–Crippen LogP) is 5.39. The van der Waals surface area contributed by atoms with Crippen LogP contribution in [0.3, 0.4) is 0 Å². The molecule has 4 rings (SSSR count). The molecule has 1 N–H and O–H groups in total. The van der Waals surface area contributed by atoms with Crippen LogP contribution >= 0.6 is 11.8 Å². The maximum Gasteiger partial charge on any atom is 0.234 e. The first-order chi connectivity index (χ1) is 17.5. The Labute approximate surface area is 214 Å². The molecule has 1 amide bonds. The summed E-state index contributed by atoms with van der Waals surface area (Å²) in [5, 5.41) is 12.4. The second-order valence-electron chi connectivity index (χ2n) is 7.84. The summed E-state index contributed by atoms with van der Waals surface area (Å²) >= 11 is 1.31. The lowest BCUT2D eigenvalue weighted by Gasteiger charge is -2.12. The summed E-state index contributed by atoms with van der Waals surface area (Å²) in [6.07, 6.45) is 0. The molecule has 0 spiro atoms. The van der Waals surface area contributed by atoms with Crippen LogP contribution < -0.4 is 19.5 Å². The van der Waals surface area contributed by atoms with Gasteiger partial charge in [0, 0.05) is 23.0 Å². The molecule has 3 aromatic carbocycles. The summed E-state index contributed by atoms with van der Waals surface area (Å²) in [5.74, 6) is 2.59. The number of thioether (sulfide) groups is 1. The Bertz CT molecular complexity index is 1320. The first-order valence-electron chi connectivity index (χ1n) is 11.4. The van der Waals surface area contributed by atoms with Gasteiger partial charge in [-0.3, -0.25) is 9.36 Å². The molecular formula is C27H28N4O4S. The monoisotopic (exact) mass is 504 g/mol. The summed E-state index contributed by atoms with van der Waals surface area (Å²) in [4.78, 5) is 12.7. The largest absolute Gasteiger partial charge is 0.494 e. The molecule has 0 radical (unpaired) electrons. The van der Waals surface area contributed by atoms with E-state index in [-0.39, 0.29) is 11.7 Å². The van der Waals surface area contributed by atoms with Gasteiger partial charge in [-0.1, -0.05) is 41.6 Å². The molecule has 186 valence electrons. The zero-order valence-corrected chi connectivity index (χ0v) is 21.5. The molecule has 36 heavy (non-hydrogen) atoms. The molecule has 4 aromatic rings. The Hall–Kier alpha value is -3.98. The van der Waals surface area contributed by atoms with Gasteiger partial charge in [-0.15, -0.1) is 10.2 Å². The van der Waals surface area contributed by atoms with E-state index in [0.717, 1.165) is 22.6 Å². The number of hydrogen-bond acceptors (Lipinski definition) is 7. The van der Waals surface area contributed by atoms with Gasteiger partial charge in [-0.25, -0.2) is 0 Å². The second-order valence-corrected chi connectivity index (χ2v) is 8.78. The standard InChI is InChI=1S/C27H28N4O4S/c1-5-35-22-13-11-21(12-14-22)31-26(19-8-6-18(2)7-9-19)29-30-27(31)36-17-25(32)28-20-10-15-23(33-3)24(16-20)34-4/h6-16H,5,17H2,1-4H3,(H,28,32). The zero-order valence-electron chi connectivity index (χ0n) is 20.6. The molecule has 0 aliphatic rings. The zero-order chi connectivity index (χ0) is 25.5. The number of methoxy groups -OCH3 is 2. The highest BCUT2D eigenvalue weighted by Crippen LogP contribution is 2.31. The van der Waals surface area contributed by atoms with Crippen LogP contribution in [0.2, 0.25) is 0 Å². The van der Waals surface area contributed by atoms with Crippen molar-refractivity contribution in [1.29, 1.82) is 0 Å². The number of amides is 1. The molecule has 0 saturated heterocycles. The lowest BCUT2D eigenvalue weighted by molar-refractivity contribution is -0.113. The Morgan fingerprint density at radius 1 is 0.944 bits per heavy atom. The fourth-order valence-electron chi connectivity index (χ4n) is 3.59. The average molecular weight is 505 g/mol. The quantitative estimate of drug-likeness (QED) is 0.290. The molecular weight excluding hydrogens is 476 g/mol. The van der Waals surface area contributed by atoms with Gasteiger partial charge < -0.3 is 19.5 Å². The minimum atomic E-state index is -0.176. The van der Waals surface area contributed by atoms with Crippen molar-refractivity contribution in [1.82, 2.24) is 14.8 Å². The number of benzene rings is 3. The third kappa shape index (κ3) is 5.80. The van der Waals surface area contributed by atoms with E-state index in [0.29, 0.717) is 34.8 Å². The smallest absolute Gasteiger partial charge is 0.234 e. The number of rotatable bonds is 10. The molecule has 0 fully saturated rings. The van der Waals surface area contributed by atoms with E-state index in [4.69, 9.17) is 14.2 Å². The Balaban J connectivity index is 1.57. The van der Waals surface area contributed by atoms with Crippen molar-refractivity contribution in [3.05, 3.63) is 72.3 Å². The lowest BCUT2D eigenvalue weighted by Crippen LogP contribution is -2.14. The van der Waals surface area contributed by atoms with E-state index in [1.54, 1.807) is 32.4 Å². The topological polar surface area (TPSA) is 87.5 Å². The van der Waals surface area contributed by atoms with Gasteiger partial charge in [0.1, 0.15) is 5.75 Å². The van der Waals surface area contributed by atoms with Crippen LogP contribution in [0, 0.1) is 6.92 Å². The van der Waals surface area contributed by atoms with Crippen LogP contribution in [0.15, 0.2) is 71.9 Å². The first kappa shape index (κ1) is 25.1. The summed E-state index contributed by atoms with van der Waals surface area (Å²) in [6, 6.07) is 21.1. The summed E-state index contributed by atoms with van der Waals surface area (Å²) < 4.78 is 18.1. The molecule has 8 nitrogen and oxygen atoms in total. The second kappa shape index (κ2) is 11.6. The van der Waals surface area contributed by atoms with E-state index < -0.39 is 0 Å². The average Bonchev–Trinajstić information content (AvgIpc) is 3.32. The van der Waals surface area contributed by atoms with Crippen molar-refractivity contribution in [2.45, 2.75) is 19.0 Å². The van der Waals surface area contributed by atoms with Gasteiger partial charge >= 0.3 is 0 Å². The van der Waals surface area contributed by atoms with Crippen LogP contribution in [0.4, 0.5) is 5.69 Å². The Morgan fingerprint density at radius 3 is 2.33 bits per heavy atom. The van der Waals surface area contributed by atoms with Crippen LogP contribution in [-0.4, -0.2) is 47.3 Å². The first-order valence-corrected chi connectivity index (χ1v) is 12.4. The summed E-state index contributed by atoms with van der Waals surface area (Å²) in [7, 11) is 3.12. The normalized spacial score (nSPS) is 10.7. The molecule has 0 aliphatic heterocycles. The molecule has 0 unspecified atom stereocenters. The fraction of sp³-hybridized carbons (Fsp3) is 0.222. The predicted molar refractivity (Wildman–Crippen MR) is 142 cm³/mol. The number of ether oxygens (including phenoxy) is 3. The van der Waals surface area contributed by atoms with Crippen molar-refractivity contribution in [3.63, 3.8) is 0 Å². The molecule has 0 aliphatic carbocycles. The van der Waals surface area contributed by atoms with E-state index in [1.165, 1.54) is 11.8 Å². The fourth-order valence-corrected chi connectivity index (χ4v) is 4.34. The summed E-state index contributed by atoms with van der Waals surface area (Å²) in [6.45, 7) is 4.58. The third-order valence-corrected chi connectivity index (χ3v) is 6.28. The number of aryl methyl sites for hydroxylation is 1. The highest BCUT2D eigenvalue weighted by Gasteiger charge is 2.18. The van der Waals surface area contributed by atoms with Gasteiger partial charge in [-0.05, 0) is 50.2 Å². The van der Waals surface area contributed by atoms with E-state index in [9.17, 15) is 4.79 Å². The van der Waals surface area contributed by atoms with E-state index in [1.807, 2.05) is 66.9 Å². The third-order valence-electron chi connectivity index (χ3n) is 5.35. The molecule has 0 saturated carbocycles. The maximum atomic E-state index is 12.7. The highest BCUT2D eigenvalue weighted by atomic mass is 32.2. The minimum Gasteiger partial charge on any atom is -0.494 e. The van der Waals surface area contributed by atoms with Crippen LogP contribution in [0.5, 0.6) is 17.2 Å². The SMILES string of the molecule is CCOc1ccc(-n2c(SCC(=O)Nc3ccc(OC)c(OC)c3)nnc2-c2ccc(C)cc2)cc1. The van der Waals surface area contributed by atoms with Crippen LogP contribution in [0.25, 0.3) is 17.1 Å². The molecule has 0 atom stereocenters. The van der Waals surface area contributed by atoms with Crippen LogP contribution in [0.1, 0.15) is 12.5 Å². The van der Waals surface area contributed by atoms with Crippen molar-refractivity contribution in [3.8, 4) is 34.3 Å². The number of anilines is 1.